The SMILES string of the molecule is Nc1ncc(CN2CCCC(c3ccc(F)cc3)CC2)s1. The summed E-state index contributed by atoms with van der Waals surface area (Å²) in [6.07, 6.45) is 5.35. The van der Waals surface area contributed by atoms with E-state index in [2.05, 4.69) is 9.88 Å². The van der Waals surface area contributed by atoms with Gasteiger partial charge in [-0.25, -0.2) is 9.37 Å². The maximum absolute atomic E-state index is 13.0. The van der Waals surface area contributed by atoms with Gasteiger partial charge < -0.3 is 5.73 Å². The van der Waals surface area contributed by atoms with E-state index in [1.165, 1.54) is 23.3 Å². The molecule has 2 aromatic rings. The van der Waals surface area contributed by atoms with Crippen LogP contribution in [0.25, 0.3) is 0 Å². The first-order valence-corrected chi connectivity index (χ1v) is 8.20. The van der Waals surface area contributed by atoms with Crippen molar-refractivity contribution >= 4 is 16.5 Å². The maximum atomic E-state index is 13.0. The summed E-state index contributed by atoms with van der Waals surface area (Å²) in [5, 5.41) is 0.643. The second kappa shape index (κ2) is 6.54. The van der Waals surface area contributed by atoms with Gasteiger partial charge in [-0.1, -0.05) is 12.1 Å². The van der Waals surface area contributed by atoms with E-state index in [4.69, 9.17) is 5.73 Å². The molecule has 5 heteroatoms. The van der Waals surface area contributed by atoms with Crippen molar-refractivity contribution in [2.24, 2.45) is 0 Å². The summed E-state index contributed by atoms with van der Waals surface area (Å²) >= 11 is 1.57. The third kappa shape index (κ3) is 3.80. The van der Waals surface area contributed by atoms with Crippen LogP contribution in [0, 0.1) is 5.82 Å². The van der Waals surface area contributed by atoms with E-state index in [9.17, 15) is 4.39 Å². The van der Waals surface area contributed by atoms with E-state index in [-0.39, 0.29) is 5.82 Å². The molecule has 3 rings (SSSR count). The zero-order valence-corrected chi connectivity index (χ0v) is 12.8. The van der Waals surface area contributed by atoms with Crippen LogP contribution in [0.15, 0.2) is 30.5 Å². The summed E-state index contributed by atoms with van der Waals surface area (Å²) in [5.41, 5.74) is 6.95. The molecular formula is C16H20FN3S. The number of hydrogen-bond donors (Lipinski definition) is 1. The zero-order valence-electron chi connectivity index (χ0n) is 12.0. The lowest BCUT2D eigenvalue weighted by Crippen LogP contribution is -2.23. The smallest absolute Gasteiger partial charge is 0.180 e. The maximum Gasteiger partial charge on any atom is 0.180 e. The van der Waals surface area contributed by atoms with Gasteiger partial charge in [-0.2, -0.15) is 0 Å². The lowest BCUT2D eigenvalue weighted by molar-refractivity contribution is 0.278. The van der Waals surface area contributed by atoms with Crippen LogP contribution in [0.2, 0.25) is 0 Å². The van der Waals surface area contributed by atoms with Gasteiger partial charge in [0.2, 0.25) is 0 Å². The molecule has 0 spiro atoms. The second-order valence-corrected chi connectivity index (χ2v) is 6.77. The van der Waals surface area contributed by atoms with Crippen molar-refractivity contribution in [3.05, 3.63) is 46.7 Å². The van der Waals surface area contributed by atoms with E-state index in [0.29, 0.717) is 11.0 Å². The Hall–Kier alpha value is -1.46. The Morgan fingerprint density at radius 3 is 2.76 bits per heavy atom. The van der Waals surface area contributed by atoms with Crippen molar-refractivity contribution in [2.45, 2.75) is 31.7 Å². The standard InChI is InChI=1S/C16H20FN3S/c17-14-5-3-13(4-6-14)12-2-1-8-20(9-7-12)11-15-10-19-16(18)21-15/h3-6,10,12H,1-2,7-9,11H2,(H2,18,19). The van der Waals surface area contributed by atoms with Crippen LogP contribution in [0.5, 0.6) is 0 Å². The highest BCUT2D eigenvalue weighted by atomic mass is 32.1. The molecular weight excluding hydrogens is 285 g/mol. The Morgan fingerprint density at radius 2 is 2.05 bits per heavy atom. The van der Waals surface area contributed by atoms with E-state index < -0.39 is 0 Å². The van der Waals surface area contributed by atoms with Gasteiger partial charge in [-0.15, -0.1) is 11.3 Å². The largest absolute Gasteiger partial charge is 0.375 e. The molecule has 1 aromatic carbocycles. The van der Waals surface area contributed by atoms with Crippen molar-refractivity contribution < 1.29 is 4.39 Å². The lowest BCUT2D eigenvalue weighted by atomic mass is 9.92. The van der Waals surface area contributed by atoms with Crippen LogP contribution in [0.3, 0.4) is 0 Å². The molecule has 1 unspecified atom stereocenters. The molecule has 1 fully saturated rings. The zero-order chi connectivity index (χ0) is 14.7. The number of nitrogen functional groups attached to an aromatic ring is 1. The van der Waals surface area contributed by atoms with E-state index in [1.54, 1.807) is 23.5 Å². The first-order valence-electron chi connectivity index (χ1n) is 7.39. The molecule has 0 aliphatic carbocycles. The Morgan fingerprint density at radius 1 is 1.24 bits per heavy atom. The summed E-state index contributed by atoms with van der Waals surface area (Å²) in [7, 11) is 0. The first kappa shape index (κ1) is 14.5. The topological polar surface area (TPSA) is 42.1 Å². The van der Waals surface area contributed by atoms with Crippen molar-refractivity contribution in [2.75, 3.05) is 18.8 Å². The second-order valence-electron chi connectivity index (χ2n) is 5.62. The lowest BCUT2D eigenvalue weighted by Gasteiger charge is -2.19. The third-order valence-corrected chi connectivity index (χ3v) is 4.92. The van der Waals surface area contributed by atoms with Crippen molar-refractivity contribution in [3.8, 4) is 0 Å². The average molecular weight is 305 g/mol. The molecule has 0 radical (unpaired) electrons. The average Bonchev–Trinajstić information content (AvgIpc) is 2.74. The molecule has 21 heavy (non-hydrogen) atoms. The van der Waals surface area contributed by atoms with E-state index in [1.807, 2.05) is 18.3 Å². The monoisotopic (exact) mass is 305 g/mol. The molecule has 0 saturated carbocycles. The number of likely N-dealkylation sites (tertiary alicyclic amines) is 1. The number of nitrogens with zero attached hydrogens (tertiary/aromatic N) is 2. The number of aromatic nitrogens is 1. The van der Waals surface area contributed by atoms with E-state index in [0.717, 1.165) is 26.1 Å². The van der Waals surface area contributed by atoms with Gasteiger partial charge in [0, 0.05) is 17.6 Å². The molecule has 1 aliphatic rings. The number of rotatable bonds is 3. The van der Waals surface area contributed by atoms with Crippen molar-refractivity contribution in [3.63, 3.8) is 0 Å². The quantitative estimate of drug-likeness (QED) is 0.941. The molecule has 1 aliphatic heterocycles. The highest BCUT2D eigenvalue weighted by molar-refractivity contribution is 7.15. The minimum absolute atomic E-state index is 0.156. The molecule has 2 N–H and O–H groups in total. The fourth-order valence-electron chi connectivity index (χ4n) is 3.00. The Kier molecular flexibility index (Phi) is 4.51. The number of hydrogen-bond acceptors (Lipinski definition) is 4. The van der Waals surface area contributed by atoms with Gasteiger partial charge in [-0.05, 0) is 56.0 Å². The van der Waals surface area contributed by atoms with Crippen molar-refractivity contribution in [1.82, 2.24) is 9.88 Å². The predicted octanol–water partition coefficient (Wildman–Crippen LogP) is 3.63. The summed E-state index contributed by atoms with van der Waals surface area (Å²) in [5.74, 6) is 0.388. The number of anilines is 1. The molecule has 0 bridgehead atoms. The predicted molar refractivity (Wildman–Crippen MR) is 84.8 cm³/mol. The Labute approximate surface area is 128 Å². The molecule has 1 atom stereocenters. The van der Waals surface area contributed by atoms with Crippen LogP contribution in [-0.2, 0) is 6.54 Å². The van der Waals surface area contributed by atoms with Crippen LogP contribution < -0.4 is 5.73 Å². The summed E-state index contributed by atoms with van der Waals surface area (Å²) < 4.78 is 13.0. The minimum atomic E-state index is -0.156. The van der Waals surface area contributed by atoms with E-state index >= 15 is 0 Å². The normalized spacial score (nSPS) is 20.3. The highest BCUT2D eigenvalue weighted by Crippen LogP contribution is 2.29. The van der Waals surface area contributed by atoms with Gasteiger partial charge in [0.25, 0.3) is 0 Å². The Bertz CT molecular complexity index is 581. The fourth-order valence-corrected chi connectivity index (χ4v) is 3.72. The van der Waals surface area contributed by atoms with Crippen LogP contribution in [0.4, 0.5) is 9.52 Å². The molecule has 0 amide bonds. The number of thiazole rings is 1. The summed E-state index contributed by atoms with van der Waals surface area (Å²) in [6.45, 7) is 3.11. The number of nitrogens with two attached hydrogens (primary N) is 1. The summed E-state index contributed by atoms with van der Waals surface area (Å²) in [6, 6.07) is 7.00. The van der Waals surface area contributed by atoms with Crippen molar-refractivity contribution in [1.29, 1.82) is 0 Å². The van der Waals surface area contributed by atoms with Crippen LogP contribution in [0.1, 0.15) is 35.6 Å². The molecule has 112 valence electrons. The molecule has 2 heterocycles. The van der Waals surface area contributed by atoms with Crippen LogP contribution in [-0.4, -0.2) is 23.0 Å². The number of benzene rings is 1. The minimum Gasteiger partial charge on any atom is -0.375 e. The summed E-state index contributed by atoms with van der Waals surface area (Å²) in [4.78, 5) is 7.81. The van der Waals surface area contributed by atoms with Gasteiger partial charge in [-0.3, -0.25) is 4.90 Å². The number of halogens is 1. The molecule has 3 nitrogen and oxygen atoms in total. The van der Waals surface area contributed by atoms with Gasteiger partial charge in [0.15, 0.2) is 5.13 Å². The van der Waals surface area contributed by atoms with Gasteiger partial charge in [0.05, 0.1) is 0 Å². The fraction of sp³-hybridized carbons (Fsp3) is 0.438. The highest BCUT2D eigenvalue weighted by Gasteiger charge is 2.19. The van der Waals surface area contributed by atoms with Crippen LogP contribution >= 0.6 is 11.3 Å². The van der Waals surface area contributed by atoms with Gasteiger partial charge >= 0.3 is 0 Å². The Balaban J connectivity index is 1.60. The van der Waals surface area contributed by atoms with Gasteiger partial charge in [0.1, 0.15) is 5.82 Å². The third-order valence-electron chi connectivity index (χ3n) is 4.11. The first-order chi connectivity index (χ1) is 10.2. The molecule has 1 aromatic heterocycles. The molecule has 1 saturated heterocycles.